The van der Waals surface area contributed by atoms with E-state index in [-0.39, 0.29) is 30.6 Å². The highest BCUT2D eigenvalue weighted by molar-refractivity contribution is 5.92. The van der Waals surface area contributed by atoms with Crippen LogP contribution in [-0.4, -0.2) is 43.1 Å². The van der Waals surface area contributed by atoms with Gasteiger partial charge in [-0.2, -0.15) is 0 Å². The first-order chi connectivity index (χ1) is 14.9. The van der Waals surface area contributed by atoms with Gasteiger partial charge in [0.1, 0.15) is 30.1 Å². The summed E-state index contributed by atoms with van der Waals surface area (Å²) in [6.45, 7) is 1.96. The largest absolute Gasteiger partial charge is 0.470 e. The molecule has 1 amide bonds. The van der Waals surface area contributed by atoms with E-state index in [0.717, 1.165) is 12.8 Å². The molecule has 0 spiro atoms. The number of hydrogen-bond donors (Lipinski definition) is 2. The zero-order valence-electron chi connectivity index (χ0n) is 17.0. The molecule has 160 valence electrons. The van der Waals surface area contributed by atoms with Crippen LogP contribution in [0.5, 0.6) is 5.88 Å². The molecular weight excluding hydrogens is 401 g/mol. The van der Waals surface area contributed by atoms with Gasteiger partial charge in [0.05, 0.1) is 17.5 Å². The van der Waals surface area contributed by atoms with E-state index in [1.807, 2.05) is 0 Å². The fraction of sp³-hybridized carbons (Fsp3) is 0.318. The first-order valence-corrected chi connectivity index (χ1v) is 9.93. The molecule has 1 atom stereocenters. The van der Waals surface area contributed by atoms with Crippen molar-refractivity contribution in [2.24, 2.45) is 5.92 Å². The summed E-state index contributed by atoms with van der Waals surface area (Å²) in [6, 6.07) is 7.38. The van der Waals surface area contributed by atoms with Gasteiger partial charge in [-0.15, -0.1) is 0 Å². The third-order valence-corrected chi connectivity index (χ3v) is 5.15. The summed E-state index contributed by atoms with van der Waals surface area (Å²) in [5.41, 5.74) is 0.608. The highest BCUT2D eigenvalue weighted by atomic mass is 19.1. The lowest BCUT2D eigenvalue weighted by Crippen LogP contribution is -2.42. The Kier molecular flexibility index (Phi) is 5.85. The molecular formula is C22H22FN5O3. The Labute approximate surface area is 178 Å². The van der Waals surface area contributed by atoms with E-state index in [0.29, 0.717) is 17.0 Å². The average molecular weight is 423 g/mol. The number of carbonyl (C=O) groups is 1. The molecule has 0 bridgehead atoms. The van der Waals surface area contributed by atoms with Gasteiger partial charge < -0.3 is 15.2 Å². The smallest absolute Gasteiger partial charge is 0.271 e. The minimum Gasteiger partial charge on any atom is -0.470 e. The maximum Gasteiger partial charge on any atom is 0.271 e. The summed E-state index contributed by atoms with van der Waals surface area (Å²) in [4.78, 5) is 29.3. The number of benzene rings is 1. The molecule has 0 unspecified atom stereocenters. The average Bonchev–Trinajstić information content (AvgIpc) is 3.64. The molecule has 8 nitrogen and oxygen atoms in total. The molecule has 0 aliphatic heterocycles. The lowest BCUT2D eigenvalue weighted by molar-refractivity contribution is 0.0353. The Morgan fingerprint density at radius 3 is 2.71 bits per heavy atom. The summed E-state index contributed by atoms with van der Waals surface area (Å²) in [5.74, 6) is -0.464. The number of halogens is 1. The van der Waals surface area contributed by atoms with Crippen LogP contribution in [0.2, 0.25) is 0 Å². The molecule has 1 fully saturated rings. The van der Waals surface area contributed by atoms with Crippen LogP contribution in [0, 0.1) is 11.7 Å². The maximum atomic E-state index is 13.4. The third-order valence-electron chi connectivity index (χ3n) is 5.15. The molecule has 9 heteroatoms. The van der Waals surface area contributed by atoms with Crippen molar-refractivity contribution in [3.05, 3.63) is 66.3 Å². The number of nitrogens with one attached hydrogen (secondary N) is 1. The van der Waals surface area contributed by atoms with Crippen molar-refractivity contribution in [2.75, 3.05) is 6.54 Å². The SMILES string of the molecule is C[C@](O)(CNC(=O)c1cnc(OCc2ccncn2)c(-c2ccc(F)cc2)n1)C1CC1. The van der Waals surface area contributed by atoms with Crippen molar-refractivity contribution in [3.63, 3.8) is 0 Å². The Morgan fingerprint density at radius 1 is 1.26 bits per heavy atom. The van der Waals surface area contributed by atoms with Crippen LogP contribution in [0.4, 0.5) is 4.39 Å². The molecule has 1 aliphatic rings. The van der Waals surface area contributed by atoms with Crippen molar-refractivity contribution in [1.29, 1.82) is 0 Å². The molecule has 0 saturated heterocycles. The standard InChI is InChI=1S/C22H22FN5O3/c1-22(30,15-4-5-15)12-26-20(29)18-10-25-21(31-11-17-8-9-24-13-27-17)19(28-18)14-2-6-16(23)7-3-14/h2-3,6-10,13,15,30H,4-5,11-12H2,1H3,(H,26,29)/t22-/m0/s1. The zero-order valence-corrected chi connectivity index (χ0v) is 17.0. The van der Waals surface area contributed by atoms with Gasteiger partial charge >= 0.3 is 0 Å². The van der Waals surface area contributed by atoms with Gasteiger partial charge in [-0.1, -0.05) is 0 Å². The number of ether oxygens (including phenoxy) is 1. The van der Waals surface area contributed by atoms with Crippen molar-refractivity contribution < 1.29 is 19.0 Å². The van der Waals surface area contributed by atoms with Gasteiger partial charge in [-0.25, -0.2) is 24.3 Å². The number of amides is 1. The van der Waals surface area contributed by atoms with Crippen molar-refractivity contribution in [2.45, 2.75) is 32.0 Å². The van der Waals surface area contributed by atoms with Crippen LogP contribution in [-0.2, 0) is 6.61 Å². The van der Waals surface area contributed by atoms with Crippen LogP contribution in [0.3, 0.4) is 0 Å². The Balaban J connectivity index is 1.56. The van der Waals surface area contributed by atoms with Gasteiger partial charge in [-0.3, -0.25) is 4.79 Å². The number of hydrogen-bond acceptors (Lipinski definition) is 7. The number of aromatic nitrogens is 4. The molecule has 3 aromatic rings. The molecule has 1 saturated carbocycles. The Hall–Kier alpha value is -3.46. The predicted octanol–water partition coefficient (Wildman–Crippen LogP) is 2.54. The maximum absolute atomic E-state index is 13.4. The topological polar surface area (TPSA) is 110 Å². The van der Waals surface area contributed by atoms with Crippen LogP contribution >= 0.6 is 0 Å². The second-order valence-corrected chi connectivity index (χ2v) is 7.72. The van der Waals surface area contributed by atoms with E-state index in [1.165, 1.54) is 36.8 Å². The first-order valence-electron chi connectivity index (χ1n) is 9.93. The molecule has 1 aliphatic carbocycles. The summed E-state index contributed by atoms with van der Waals surface area (Å²) in [7, 11) is 0. The first kappa shape index (κ1) is 20.8. The van der Waals surface area contributed by atoms with Crippen molar-refractivity contribution in [3.8, 4) is 17.1 Å². The molecule has 0 radical (unpaired) electrons. The van der Waals surface area contributed by atoms with E-state index in [2.05, 4.69) is 25.3 Å². The van der Waals surface area contributed by atoms with E-state index >= 15 is 0 Å². The van der Waals surface area contributed by atoms with Crippen molar-refractivity contribution >= 4 is 5.91 Å². The predicted molar refractivity (Wildman–Crippen MR) is 109 cm³/mol. The van der Waals surface area contributed by atoms with E-state index < -0.39 is 17.3 Å². The van der Waals surface area contributed by atoms with Gasteiger partial charge in [0.25, 0.3) is 5.91 Å². The minimum absolute atomic E-state index is 0.0697. The highest BCUT2D eigenvalue weighted by Crippen LogP contribution is 2.39. The monoisotopic (exact) mass is 423 g/mol. The van der Waals surface area contributed by atoms with Crippen LogP contribution < -0.4 is 10.1 Å². The molecule has 31 heavy (non-hydrogen) atoms. The number of nitrogens with zero attached hydrogens (tertiary/aromatic N) is 4. The third kappa shape index (κ3) is 5.18. The number of aliphatic hydroxyl groups is 1. The van der Waals surface area contributed by atoms with Gasteiger partial charge in [0, 0.05) is 18.3 Å². The lowest BCUT2D eigenvalue weighted by atomic mass is 10.0. The number of carbonyl (C=O) groups excluding carboxylic acids is 1. The molecule has 2 aromatic heterocycles. The molecule has 1 aromatic carbocycles. The van der Waals surface area contributed by atoms with Gasteiger partial charge in [0.15, 0.2) is 0 Å². The van der Waals surface area contributed by atoms with Crippen LogP contribution in [0.15, 0.2) is 49.1 Å². The second kappa shape index (κ2) is 8.73. The van der Waals surface area contributed by atoms with E-state index in [4.69, 9.17) is 4.74 Å². The summed E-state index contributed by atoms with van der Waals surface area (Å²) < 4.78 is 19.2. The Bertz CT molecular complexity index is 1060. The Morgan fingerprint density at radius 2 is 2.03 bits per heavy atom. The normalized spacial score (nSPS) is 15.2. The zero-order chi connectivity index (χ0) is 21.8. The highest BCUT2D eigenvalue weighted by Gasteiger charge is 2.40. The van der Waals surface area contributed by atoms with Gasteiger partial charge in [0.2, 0.25) is 5.88 Å². The fourth-order valence-corrected chi connectivity index (χ4v) is 3.13. The van der Waals surface area contributed by atoms with E-state index in [9.17, 15) is 14.3 Å². The number of rotatable bonds is 8. The van der Waals surface area contributed by atoms with E-state index in [1.54, 1.807) is 19.2 Å². The van der Waals surface area contributed by atoms with Crippen LogP contribution in [0.1, 0.15) is 35.9 Å². The van der Waals surface area contributed by atoms with Crippen LogP contribution in [0.25, 0.3) is 11.3 Å². The fourth-order valence-electron chi connectivity index (χ4n) is 3.13. The molecule has 2 heterocycles. The summed E-state index contributed by atoms with van der Waals surface area (Å²) in [5, 5.41) is 13.1. The van der Waals surface area contributed by atoms with Crippen molar-refractivity contribution in [1.82, 2.24) is 25.3 Å². The minimum atomic E-state index is -0.955. The quantitative estimate of drug-likeness (QED) is 0.573. The summed E-state index contributed by atoms with van der Waals surface area (Å²) >= 11 is 0. The molecule has 4 rings (SSSR count). The summed E-state index contributed by atoms with van der Waals surface area (Å²) in [6.07, 6.45) is 6.23. The van der Waals surface area contributed by atoms with Gasteiger partial charge in [-0.05, 0) is 56.0 Å². The molecule has 2 N–H and O–H groups in total. The lowest BCUT2D eigenvalue weighted by Gasteiger charge is -2.23. The second-order valence-electron chi connectivity index (χ2n) is 7.72.